The molecule has 0 atom stereocenters. The first-order valence-electron chi connectivity index (χ1n) is 12.6. The van der Waals surface area contributed by atoms with Crippen molar-refractivity contribution in [3.63, 3.8) is 0 Å². The highest BCUT2D eigenvalue weighted by Gasteiger charge is 2.16. The molecule has 1 N–H and O–H groups in total. The Hall–Kier alpha value is -3.60. The van der Waals surface area contributed by atoms with Crippen molar-refractivity contribution >= 4 is 39.8 Å². The first kappa shape index (κ1) is 37.4. The molecule has 2 rings (SSSR count). The van der Waals surface area contributed by atoms with Crippen molar-refractivity contribution in [2.75, 3.05) is 26.2 Å². The minimum atomic E-state index is -0.523. The zero-order valence-electron chi connectivity index (χ0n) is 24.9. The number of benzene rings is 2. The molecule has 0 unspecified atom stereocenters. The predicted octanol–water partition coefficient (Wildman–Crippen LogP) is 4.95. The number of rotatable bonds is 8. The molecule has 0 spiro atoms. The molecule has 0 saturated carbocycles. The standard InChI is InChI=1S/C15H20O5.C9H10O3.C6H11BrO2/c1-15(2,3)20-14(17)10-19-12-7-5-11(6-8-12)9-13(16)18-4;1-12-9(11)6-7-2-4-8(10)5-3-7;1-6(2,3)9-5(8)4-7/h5-8H,9-10H2,1-4H3;2-5,10H,6H2,1H3;4H2,1-3H3. The lowest BCUT2D eigenvalue weighted by Crippen LogP contribution is -2.27. The third kappa shape index (κ3) is 20.9. The van der Waals surface area contributed by atoms with E-state index >= 15 is 0 Å². The number of ether oxygens (including phenoxy) is 5. The molecule has 2 aromatic carbocycles. The number of carbonyl (C=O) groups excluding carboxylic acids is 4. The van der Waals surface area contributed by atoms with Crippen LogP contribution in [0.2, 0.25) is 0 Å². The second kappa shape index (κ2) is 18.7. The predicted molar refractivity (Wildman–Crippen MR) is 157 cm³/mol. The van der Waals surface area contributed by atoms with Crippen molar-refractivity contribution in [1.29, 1.82) is 0 Å². The number of alkyl halides is 1. The van der Waals surface area contributed by atoms with Crippen LogP contribution in [0.15, 0.2) is 48.5 Å². The highest BCUT2D eigenvalue weighted by molar-refractivity contribution is 9.09. The van der Waals surface area contributed by atoms with E-state index < -0.39 is 11.6 Å². The summed E-state index contributed by atoms with van der Waals surface area (Å²) in [5.74, 6) is -0.472. The molecule has 0 fully saturated rings. The number of aromatic hydroxyl groups is 1. The smallest absolute Gasteiger partial charge is 0.344 e. The van der Waals surface area contributed by atoms with Gasteiger partial charge in [-0.05, 0) is 76.9 Å². The second-order valence-electron chi connectivity index (χ2n) is 10.4. The number of hydrogen-bond donors (Lipinski definition) is 1. The van der Waals surface area contributed by atoms with Crippen LogP contribution in [-0.2, 0) is 51.0 Å². The third-order valence-corrected chi connectivity index (χ3v) is 4.78. The fourth-order valence-corrected chi connectivity index (χ4v) is 2.79. The summed E-state index contributed by atoms with van der Waals surface area (Å²) in [6.07, 6.45) is 0.458. The zero-order valence-corrected chi connectivity index (χ0v) is 26.5. The minimum absolute atomic E-state index is 0.145. The van der Waals surface area contributed by atoms with Gasteiger partial charge in [-0.2, -0.15) is 0 Å². The highest BCUT2D eigenvalue weighted by Crippen LogP contribution is 2.14. The van der Waals surface area contributed by atoms with Gasteiger partial charge < -0.3 is 28.8 Å². The van der Waals surface area contributed by atoms with E-state index in [0.29, 0.717) is 5.75 Å². The van der Waals surface area contributed by atoms with Crippen molar-refractivity contribution < 1.29 is 48.0 Å². The summed E-state index contributed by atoms with van der Waals surface area (Å²) in [4.78, 5) is 43.9. The molecule has 0 amide bonds. The van der Waals surface area contributed by atoms with Gasteiger partial charge in [0.1, 0.15) is 28.0 Å². The van der Waals surface area contributed by atoms with Gasteiger partial charge in [0, 0.05) is 0 Å². The molecule has 2 aromatic rings. The molecule has 0 saturated heterocycles. The summed E-state index contributed by atoms with van der Waals surface area (Å²) in [5.41, 5.74) is 0.775. The second-order valence-corrected chi connectivity index (χ2v) is 11.0. The average Bonchev–Trinajstić information content (AvgIpc) is 2.88. The quantitative estimate of drug-likeness (QED) is 0.240. The van der Waals surface area contributed by atoms with Crippen LogP contribution in [0.5, 0.6) is 11.5 Å². The van der Waals surface area contributed by atoms with E-state index in [2.05, 4.69) is 25.4 Å². The van der Waals surface area contributed by atoms with Crippen molar-refractivity contribution in [2.45, 2.75) is 65.6 Å². The van der Waals surface area contributed by atoms with Gasteiger partial charge in [0.15, 0.2) is 6.61 Å². The Balaban J connectivity index is 0.000000646. The van der Waals surface area contributed by atoms with Gasteiger partial charge in [-0.15, -0.1) is 0 Å². The van der Waals surface area contributed by atoms with Gasteiger partial charge in [-0.3, -0.25) is 14.4 Å². The molecule has 0 aliphatic heterocycles. The van der Waals surface area contributed by atoms with E-state index in [9.17, 15) is 19.2 Å². The molecule has 0 aromatic heterocycles. The number of esters is 4. The average molecular weight is 642 g/mol. The number of methoxy groups -OCH3 is 2. The SMILES string of the molecule is CC(C)(C)OC(=O)CBr.COC(=O)Cc1ccc(O)cc1.COC(=O)Cc1ccc(OCC(=O)OC(C)(C)C)cc1. The molecule has 0 aliphatic rings. The van der Waals surface area contributed by atoms with Gasteiger partial charge in [0.05, 0.1) is 27.1 Å². The molecule has 228 valence electrons. The molecular weight excluding hydrogens is 600 g/mol. The number of carbonyl (C=O) groups is 4. The van der Waals surface area contributed by atoms with E-state index in [1.165, 1.54) is 26.4 Å². The van der Waals surface area contributed by atoms with Crippen LogP contribution in [0.1, 0.15) is 52.7 Å². The Bertz CT molecular complexity index is 1080. The molecule has 0 bridgehead atoms. The van der Waals surface area contributed by atoms with Crippen LogP contribution in [0.4, 0.5) is 0 Å². The Labute approximate surface area is 250 Å². The van der Waals surface area contributed by atoms with Gasteiger partial charge in [-0.25, -0.2) is 4.79 Å². The summed E-state index contributed by atoms with van der Waals surface area (Å²) in [5, 5.41) is 9.20. The van der Waals surface area contributed by atoms with Crippen LogP contribution >= 0.6 is 15.9 Å². The number of halogens is 1. The summed E-state index contributed by atoms with van der Waals surface area (Å²) in [6, 6.07) is 13.4. The topological polar surface area (TPSA) is 135 Å². The molecule has 41 heavy (non-hydrogen) atoms. The Kier molecular flexibility index (Phi) is 17.1. The van der Waals surface area contributed by atoms with Gasteiger partial charge in [0.25, 0.3) is 0 Å². The van der Waals surface area contributed by atoms with Crippen LogP contribution < -0.4 is 4.74 Å². The normalized spacial score (nSPS) is 10.5. The monoisotopic (exact) mass is 640 g/mol. The van der Waals surface area contributed by atoms with Gasteiger partial charge in [-0.1, -0.05) is 40.2 Å². The molecular formula is C30H41BrO10. The summed E-state index contributed by atoms with van der Waals surface area (Å²) in [6.45, 7) is 10.8. The lowest BCUT2D eigenvalue weighted by molar-refractivity contribution is -0.157. The zero-order chi connectivity index (χ0) is 31.6. The summed E-state index contributed by atoms with van der Waals surface area (Å²) in [7, 11) is 2.70. The largest absolute Gasteiger partial charge is 0.508 e. The van der Waals surface area contributed by atoms with Crippen molar-refractivity contribution in [3.05, 3.63) is 59.7 Å². The maximum atomic E-state index is 11.5. The summed E-state index contributed by atoms with van der Waals surface area (Å²) >= 11 is 2.99. The molecule has 11 heteroatoms. The third-order valence-electron chi connectivity index (χ3n) is 4.32. The van der Waals surface area contributed by atoms with Crippen molar-refractivity contribution in [1.82, 2.24) is 0 Å². The van der Waals surface area contributed by atoms with Crippen LogP contribution in [-0.4, -0.2) is 66.3 Å². The van der Waals surface area contributed by atoms with E-state index in [1.807, 2.05) is 20.8 Å². The fourth-order valence-electron chi connectivity index (χ4n) is 2.68. The number of phenols is 1. The van der Waals surface area contributed by atoms with E-state index in [4.69, 9.17) is 19.3 Å². The first-order valence-corrected chi connectivity index (χ1v) is 13.7. The molecule has 10 nitrogen and oxygen atoms in total. The summed E-state index contributed by atoms with van der Waals surface area (Å²) < 4.78 is 24.4. The van der Waals surface area contributed by atoms with Crippen LogP contribution in [0.3, 0.4) is 0 Å². The maximum Gasteiger partial charge on any atom is 0.344 e. The maximum absolute atomic E-state index is 11.5. The number of phenolic OH excluding ortho intramolecular Hbond substituents is 1. The van der Waals surface area contributed by atoms with E-state index in [1.54, 1.807) is 57.2 Å². The van der Waals surface area contributed by atoms with Gasteiger partial charge in [0.2, 0.25) is 0 Å². The Morgan fingerprint density at radius 1 is 0.659 bits per heavy atom. The van der Waals surface area contributed by atoms with Crippen molar-refractivity contribution in [3.8, 4) is 11.5 Å². The van der Waals surface area contributed by atoms with Crippen molar-refractivity contribution in [2.24, 2.45) is 0 Å². The lowest BCUT2D eigenvalue weighted by atomic mass is 10.1. The molecule has 0 heterocycles. The van der Waals surface area contributed by atoms with Crippen LogP contribution in [0, 0.1) is 0 Å². The molecule has 0 aliphatic carbocycles. The fraction of sp³-hybridized carbons (Fsp3) is 0.467. The van der Waals surface area contributed by atoms with E-state index in [-0.39, 0.29) is 54.0 Å². The first-order chi connectivity index (χ1) is 19.0. The Morgan fingerprint density at radius 3 is 1.39 bits per heavy atom. The number of hydrogen-bond acceptors (Lipinski definition) is 10. The lowest BCUT2D eigenvalue weighted by Gasteiger charge is -2.19. The minimum Gasteiger partial charge on any atom is -0.508 e. The van der Waals surface area contributed by atoms with Gasteiger partial charge >= 0.3 is 23.9 Å². The highest BCUT2D eigenvalue weighted by atomic mass is 79.9. The molecule has 0 radical (unpaired) electrons. The Morgan fingerprint density at radius 2 is 1.05 bits per heavy atom. The van der Waals surface area contributed by atoms with E-state index in [0.717, 1.165) is 11.1 Å². The van der Waals surface area contributed by atoms with Crippen LogP contribution in [0.25, 0.3) is 0 Å².